The number of rotatable bonds is 7. The SMILES string of the molecule is COc1cncc(NS(=O)(=O)c2ccccc2C(=O)N[C@H]2C[C@@H]2c2ccccc2)c1. The smallest absolute Gasteiger partial charge is 0.262 e. The summed E-state index contributed by atoms with van der Waals surface area (Å²) in [6, 6.07) is 17.6. The molecule has 1 amide bonds. The van der Waals surface area contributed by atoms with Crippen molar-refractivity contribution >= 4 is 21.6 Å². The van der Waals surface area contributed by atoms with Crippen molar-refractivity contribution in [3.63, 3.8) is 0 Å². The maximum absolute atomic E-state index is 13.0. The lowest BCUT2D eigenvalue weighted by Gasteiger charge is -2.13. The number of methoxy groups -OCH3 is 1. The van der Waals surface area contributed by atoms with Gasteiger partial charge in [0.25, 0.3) is 15.9 Å². The first kappa shape index (κ1) is 19.9. The largest absolute Gasteiger partial charge is 0.495 e. The number of amides is 1. The summed E-state index contributed by atoms with van der Waals surface area (Å²) in [6.45, 7) is 0. The van der Waals surface area contributed by atoms with Gasteiger partial charge in [0.2, 0.25) is 0 Å². The van der Waals surface area contributed by atoms with Gasteiger partial charge in [-0.1, -0.05) is 42.5 Å². The van der Waals surface area contributed by atoms with Gasteiger partial charge in [0.05, 0.1) is 30.8 Å². The number of hydrogen-bond donors (Lipinski definition) is 2. The fourth-order valence-corrected chi connectivity index (χ4v) is 4.59. The van der Waals surface area contributed by atoms with Gasteiger partial charge in [0.1, 0.15) is 10.6 Å². The third-order valence-corrected chi connectivity index (χ3v) is 6.40. The molecule has 1 fully saturated rings. The van der Waals surface area contributed by atoms with Gasteiger partial charge in [-0.15, -0.1) is 0 Å². The van der Waals surface area contributed by atoms with E-state index >= 15 is 0 Å². The van der Waals surface area contributed by atoms with Crippen LogP contribution < -0.4 is 14.8 Å². The predicted molar refractivity (Wildman–Crippen MR) is 113 cm³/mol. The van der Waals surface area contributed by atoms with Crippen molar-refractivity contribution in [2.45, 2.75) is 23.3 Å². The number of anilines is 1. The van der Waals surface area contributed by atoms with Crippen LogP contribution in [0.2, 0.25) is 0 Å². The van der Waals surface area contributed by atoms with Gasteiger partial charge in [-0.3, -0.25) is 14.5 Å². The van der Waals surface area contributed by atoms with Crippen molar-refractivity contribution in [1.82, 2.24) is 10.3 Å². The van der Waals surface area contributed by atoms with Crippen molar-refractivity contribution in [2.75, 3.05) is 11.8 Å². The molecule has 7 nitrogen and oxygen atoms in total. The van der Waals surface area contributed by atoms with Crippen LogP contribution in [0.1, 0.15) is 28.3 Å². The Kier molecular flexibility index (Phi) is 5.41. The minimum absolute atomic E-state index is 0.00814. The number of sulfonamides is 1. The zero-order chi connectivity index (χ0) is 21.1. The van der Waals surface area contributed by atoms with E-state index in [0.29, 0.717) is 5.75 Å². The van der Waals surface area contributed by atoms with Gasteiger partial charge in [0.15, 0.2) is 0 Å². The monoisotopic (exact) mass is 423 g/mol. The zero-order valence-corrected chi connectivity index (χ0v) is 17.1. The van der Waals surface area contributed by atoms with Gasteiger partial charge in [-0.2, -0.15) is 0 Å². The molecule has 4 rings (SSSR count). The molecule has 1 saturated carbocycles. The first-order valence-electron chi connectivity index (χ1n) is 9.44. The number of carbonyl (C=O) groups is 1. The second kappa shape index (κ2) is 8.16. The van der Waals surface area contributed by atoms with Gasteiger partial charge < -0.3 is 10.1 Å². The summed E-state index contributed by atoms with van der Waals surface area (Å²) in [7, 11) is -2.53. The fraction of sp³-hybridized carbons (Fsp3) is 0.182. The highest BCUT2D eigenvalue weighted by molar-refractivity contribution is 7.92. The first-order valence-corrected chi connectivity index (χ1v) is 10.9. The number of nitrogens with zero attached hydrogens (tertiary/aromatic N) is 1. The Morgan fingerprint density at radius 3 is 2.57 bits per heavy atom. The van der Waals surface area contributed by atoms with Gasteiger partial charge in [-0.25, -0.2) is 8.42 Å². The van der Waals surface area contributed by atoms with Gasteiger partial charge >= 0.3 is 0 Å². The average molecular weight is 423 g/mol. The van der Waals surface area contributed by atoms with E-state index in [2.05, 4.69) is 15.0 Å². The minimum atomic E-state index is -4.00. The standard InChI is InChI=1S/C22H21N3O4S/c1-29-17-11-16(13-23-14-17)25-30(27,28)21-10-6-5-9-18(21)22(26)24-20-12-19(20)15-7-3-2-4-8-15/h2-11,13-14,19-20,25H,12H2,1H3,(H,24,26)/t19-,20+/m1/s1. The lowest BCUT2D eigenvalue weighted by Crippen LogP contribution is -2.29. The summed E-state index contributed by atoms with van der Waals surface area (Å²) in [6.07, 6.45) is 3.67. The third-order valence-electron chi connectivity index (χ3n) is 4.96. The topological polar surface area (TPSA) is 97.4 Å². The molecule has 0 unspecified atom stereocenters. The molecular formula is C22H21N3O4S. The zero-order valence-electron chi connectivity index (χ0n) is 16.3. The number of hydrogen-bond acceptors (Lipinski definition) is 5. The van der Waals surface area contributed by atoms with Crippen LogP contribution in [0.15, 0.2) is 78.0 Å². The molecule has 3 aromatic rings. The van der Waals surface area contributed by atoms with Gasteiger partial charge in [-0.05, 0) is 24.1 Å². The number of benzene rings is 2. The molecule has 2 atom stereocenters. The second-order valence-corrected chi connectivity index (χ2v) is 8.70. The molecule has 0 aliphatic heterocycles. The molecule has 0 spiro atoms. The lowest BCUT2D eigenvalue weighted by atomic mass is 10.1. The summed E-state index contributed by atoms with van der Waals surface area (Å²) < 4.78 is 33.4. The van der Waals surface area contributed by atoms with Crippen LogP contribution in [0.3, 0.4) is 0 Å². The number of nitrogens with one attached hydrogen (secondary N) is 2. The van der Waals surface area contributed by atoms with E-state index in [1.165, 1.54) is 37.7 Å². The first-order chi connectivity index (χ1) is 14.5. The van der Waals surface area contributed by atoms with Crippen LogP contribution in [0.25, 0.3) is 0 Å². The van der Waals surface area contributed by atoms with E-state index in [1.807, 2.05) is 30.3 Å². The molecule has 0 bridgehead atoms. The molecule has 0 saturated heterocycles. The normalized spacial score (nSPS) is 17.8. The summed E-state index contributed by atoms with van der Waals surface area (Å²) in [4.78, 5) is 16.7. The lowest BCUT2D eigenvalue weighted by molar-refractivity contribution is 0.0947. The van der Waals surface area contributed by atoms with Crippen molar-refractivity contribution in [2.24, 2.45) is 0 Å². The third kappa shape index (κ3) is 4.28. The summed E-state index contributed by atoms with van der Waals surface area (Å²) >= 11 is 0. The van der Waals surface area contributed by atoms with E-state index in [1.54, 1.807) is 12.1 Å². The maximum atomic E-state index is 13.0. The Labute approximate surface area is 175 Å². The van der Waals surface area contributed by atoms with Crippen LogP contribution in [-0.4, -0.2) is 32.5 Å². The van der Waals surface area contributed by atoms with Crippen molar-refractivity contribution in [3.8, 4) is 5.75 Å². The molecule has 1 aliphatic rings. The van der Waals surface area contributed by atoms with Crippen LogP contribution in [-0.2, 0) is 10.0 Å². The van der Waals surface area contributed by atoms with Crippen LogP contribution in [0, 0.1) is 0 Å². The predicted octanol–water partition coefficient (Wildman–Crippen LogP) is 3.18. The summed E-state index contributed by atoms with van der Waals surface area (Å²) in [5.74, 6) is 0.255. The highest BCUT2D eigenvalue weighted by Crippen LogP contribution is 2.40. The molecule has 2 aromatic carbocycles. The molecule has 1 heterocycles. The second-order valence-electron chi connectivity index (χ2n) is 7.05. The molecule has 1 aromatic heterocycles. The maximum Gasteiger partial charge on any atom is 0.262 e. The Hall–Kier alpha value is -3.39. The molecule has 0 radical (unpaired) electrons. The van der Waals surface area contributed by atoms with Crippen LogP contribution >= 0.6 is 0 Å². The highest BCUT2D eigenvalue weighted by atomic mass is 32.2. The Morgan fingerprint density at radius 2 is 1.80 bits per heavy atom. The minimum Gasteiger partial charge on any atom is -0.495 e. The Morgan fingerprint density at radius 1 is 1.07 bits per heavy atom. The summed E-state index contributed by atoms with van der Waals surface area (Å²) in [5, 5.41) is 2.95. The van der Waals surface area contributed by atoms with Crippen LogP contribution in [0.5, 0.6) is 5.75 Å². The average Bonchev–Trinajstić information content (AvgIpc) is 3.53. The number of pyridine rings is 1. The Bertz CT molecular complexity index is 1170. The van der Waals surface area contributed by atoms with Crippen LogP contribution in [0.4, 0.5) is 5.69 Å². The molecule has 30 heavy (non-hydrogen) atoms. The van der Waals surface area contributed by atoms with E-state index in [4.69, 9.17) is 4.74 Å². The molecular weight excluding hydrogens is 402 g/mol. The molecule has 154 valence electrons. The van der Waals surface area contributed by atoms with E-state index in [0.717, 1.165) is 12.0 Å². The van der Waals surface area contributed by atoms with E-state index in [9.17, 15) is 13.2 Å². The van der Waals surface area contributed by atoms with Gasteiger partial charge in [0, 0.05) is 18.0 Å². The van der Waals surface area contributed by atoms with Crippen molar-refractivity contribution in [3.05, 3.63) is 84.2 Å². The fourth-order valence-electron chi connectivity index (χ4n) is 3.35. The molecule has 8 heteroatoms. The Balaban J connectivity index is 1.52. The molecule has 2 N–H and O–H groups in total. The number of carbonyl (C=O) groups excluding carboxylic acids is 1. The highest BCUT2D eigenvalue weighted by Gasteiger charge is 2.40. The van der Waals surface area contributed by atoms with Crippen molar-refractivity contribution in [1.29, 1.82) is 0 Å². The number of ether oxygens (including phenoxy) is 1. The van der Waals surface area contributed by atoms with Crippen molar-refractivity contribution < 1.29 is 17.9 Å². The molecule has 1 aliphatic carbocycles. The number of aromatic nitrogens is 1. The van der Waals surface area contributed by atoms with E-state index in [-0.39, 0.29) is 28.1 Å². The quantitative estimate of drug-likeness (QED) is 0.608. The van der Waals surface area contributed by atoms with E-state index < -0.39 is 15.9 Å². The summed E-state index contributed by atoms with van der Waals surface area (Å²) in [5.41, 5.74) is 1.51.